The number of anilines is 1. The van der Waals surface area contributed by atoms with Crippen LogP contribution >= 0.6 is 11.6 Å². The summed E-state index contributed by atoms with van der Waals surface area (Å²) in [5.74, 6) is 0. The predicted molar refractivity (Wildman–Crippen MR) is 78.6 cm³/mol. The Morgan fingerprint density at radius 1 is 1.44 bits per heavy atom. The van der Waals surface area contributed by atoms with Crippen LogP contribution in [0.5, 0.6) is 0 Å². The van der Waals surface area contributed by atoms with Crippen molar-refractivity contribution in [1.29, 1.82) is 0 Å². The minimum absolute atomic E-state index is 0.129. The molecule has 2 N–H and O–H groups in total. The zero-order chi connectivity index (χ0) is 13.5. The molecule has 0 saturated carbocycles. The van der Waals surface area contributed by atoms with Crippen molar-refractivity contribution < 1.29 is 4.74 Å². The molecule has 1 unspecified atom stereocenters. The van der Waals surface area contributed by atoms with Crippen molar-refractivity contribution in [2.24, 2.45) is 5.73 Å². The molecule has 18 heavy (non-hydrogen) atoms. The molecule has 1 aromatic carbocycles. The van der Waals surface area contributed by atoms with E-state index in [1.807, 2.05) is 27.0 Å². The molecule has 1 aromatic rings. The van der Waals surface area contributed by atoms with E-state index in [2.05, 4.69) is 17.0 Å². The van der Waals surface area contributed by atoms with Crippen molar-refractivity contribution in [3.05, 3.63) is 28.8 Å². The van der Waals surface area contributed by atoms with Crippen molar-refractivity contribution in [3.8, 4) is 0 Å². The van der Waals surface area contributed by atoms with Crippen LogP contribution in [-0.2, 0) is 11.2 Å². The van der Waals surface area contributed by atoms with Crippen LogP contribution in [0, 0.1) is 0 Å². The quantitative estimate of drug-likeness (QED) is 0.775. The molecule has 4 heteroatoms. The van der Waals surface area contributed by atoms with Gasteiger partial charge in [-0.3, -0.25) is 0 Å². The van der Waals surface area contributed by atoms with Gasteiger partial charge in [-0.1, -0.05) is 17.7 Å². The highest BCUT2D eigenvalue weighted by molar-refractivity contribution is 6.31. The number of nitrogens with zero attached hydrogens (tertiary/aromatic N) is 1. The molecule has 0 spiro atoms. The lowest BCUT2D eigenvalue weighted by Crippen LogP contribution is -2.23. The number of halogens is 1. The molecule has 0 aromatic heterocycles. The molecular weight excluding hydrogens is 248 g/mol. The zero-order valence-electron chi connectivity index (χ0n) is 11.4. The lowest BCUT2D eigenvalue weighted by Gasteiger charge is -2.20. The van der Waals surface area contributed by atoms with Gasteiger partial charge in [0.25, 0.3) is 0 Å². The van der Waals surface area contributed by atoms with Crippen LogP contribution in [0.1, 0.15) is 19.4 Å². The first-order chi connectivity index (χ1) is 8.54. The highest BCUT2D eigenvalue weighted by Gasteiger charge is 2.07. The van der Waals surface area contributed by atoms with Crippen molar-refractivity contribution in [2.45, 2.75) is 26.3 Å². The summed E-state index contributed by atoms with van der Waals surface area (Å²) in [4.78, 5) is 2.14. The van der Waals surface area contributed by atoms with Crippen molar-refractivity contribution in [2.75, 3.05) is 31.7 Å². The fraction of sp³-hybridized carbons (Fsp3) is 0.571. The predicted octanol–water partition coefficient (Wildman–Crippen LogP) is 2.70. The van der Waals surface area contributed by atoms with E-state index in [0.717, 1.165) is 42.5 Å². The summed E-state index contributed by atoms with van der Waals surface area (Å²) >= 11 is 6.27. The van der Waals surface area contributed by atoms with E-state index in [-0.39, 0.29) is 6.04 Å². The molecule has 0 saturated heterocycles. The van der Waals surface area contributed by atoms with Gasteiger partial charge in [-0.15, -0.1) is 0 Å². The van der Waals surface area contributed by atoms with E-state index in [0.29, 0.717) is 0 Å². The molecule has 0 aliphatic carbocycles. The number of nitrogens with two attached hydrogens (primary N) is 1. The second kappa shape index (κ2) is 7.62. The van der Waals surface area contributed by atoms with E-state index >= 15 is 0 Å². The minimum Gasteiger partial charge on any atom is -0.380 e. The monoisotopic (exact) mass is 270 g/mol. The maximum atomic E-state index is 6.27. The second-order valence-electron chi connectivity index (χ2n) is 4.58. The van der Waals surface area contributed by atoms with E-state index < -0.39 is 0 Å². The molecule has 0 aliphatic rings. The molecule has 1 rings (SSSR count). The fourth-order valence-electron chi connectivity index (χ4n) is 1.76. The molecule has 0 bridgehead atoms. The molecule has 0 fully saturated rings. The van der Waals surface area contributed by atoms with Gasteiger partial charge in [-0.2, -0.15) is 0 Å². The summed E-state index contributed by atoms with van der Waals surface area (Å²) in [7, 11) is 2.04. The maximum Gasteiger partial charge on any atom is 0.0641 e. The summed E-state index contributed by atoms with van der Waals surface area (Å²) in [5.41, 5.74) is 8.00. The molecule has 102 valence electrons. The Labute approximate surface area is 115 Å². The van der Waals surface area contributed by atoms with Gasteiger partial charge in [0.1, 0.15) is 0 Å². The smallest absolute Gasteiger partial charge is 0.0641 e. The van der Waals surface area contributed by atoms with Gasteiger partial charge in [0.15, 0.2) is 0 Å². The first-order valence-corrected chi connectivity index (χ1v) is 6.75. The Balaban J connectivity index is 2.65. The van der Waals surface area contributed by atoms with E-state index in [1.165, 1.54) is 0 Å². The first-order valence-electron chi connectivity index (χ1n) is 6.37. The van der Waals surface area contributed by atoms with Crippen LogP contribution in [0.15, 0.2) is 18.2 Å². The average Bonchev–Trinajstić information content (AvgIpc) is 2.31. The number of hydrogen-bond donors (Lipinski definition) is 1. The molecule has 0 radical (unpaired) electrons. The Kier molecular flexibility index (Phi) is 6.47. The highest BCUT2D eigenvalue weighted by Crippen LogP contribution is 2.23. The Hall–Kier alpha value is -0.770. The standard InChI is InChI=1S/C14H23ClN2O/c1-4-18-8-7-17(3)13-6-5-12(9-11(2)16)14(15)10-13/h5-6,10-11H,4,7-9,16H2,1-3H3. The summed E-state index contributed by atoms with van der Waals surface area (Å²) in [5, 5.41) is 0.785. The summed E-state index contributed by atoms with van der Waals surface area (Å²) in [6, 6.07) is 6.25. The van der Waals surface area contributed by atoms with Gasteiger partial charge in [-0.05, 0) is 38.0 Å². The topological polar surface area (TPSA) is 38.5 Å². The van der Waals surface area contributed by atoms with Crippen molar-refractivity contribution in [1.82, 2.24) is 0 Å². The lowest BCUT2D eigenvalue weighted by atomic mass is 10.1. The van der Waals surface area contributed by atoms with Crippen molar-refractivity contribution >= 4 is 17.3 Å². The Morgan fingerprint density at radius 2 is 2.17 bits per heavy atom. The summed E-state index contributed by atoms with van der Waals surface area (Å²) in [6.07, 6.45) is 0.807. The SMILES string of the molecule is CCOCCN(C)c1ccc(CC(C)N)c(Cl)c1. The van der Waals surface area contributed by atoms with Crippen LogP contribution < -0.4 is 10.6 Å². The van der Waals surface area contributed by atoms with Crippen LogP contribution in [0.25, 0.3) is 0 Å². The van der Waals surface area contributed by atoms with E-state index in [4.69, 9.17) is 22.1 Å². The molecule has 3 nitrogen and oxygen atoms in total. The van der Waals surface area contributed by atoms with Crippen LogP contribution in [0.2, 0.25) is 5.02 Å². The normalized spacial score (nSPS) is 12.5. The third-order valence-electron chi connectivity index (χ3n) is 2.79. The van der Waals surface area contributed by atoms with Crippen LogP contribution in [0.3, 0.4) is 0 Å². The maximum absolute atomic E-state index is 6.27. The minimum atomic E-state index is 0.129. The molecule has 0 heterocycles. The molecule has 0 aliphatic heterocycles. The van der Waals surface area contributed by atoms with Crippen LogP contribution in [0.4, 0.5) is 5.69 Å². The summed E-state index contributed by atoms with van der Waals surface area (Å²) < 4.78 is 5.34. The first kappa shape index (κ1) is 15.3. The number of benzene rings is 1. The van der Waals surface area contributed by atoms with E-state index in [1.54, 1.807) is 0 Å². The number of hydrogen-bond acceptors (Lipinski definition) is 3. The van der Waals surface area contributed by atoms with Gasteiger partial charge in [0.2, 0.25) is 0 Å². The molecule has 0 amide bonds. The van der Waals surface area contributed by atoms with Gasteiger partial charge in [0.05, 0.1) is 6.61 Å². The highest BCUT2D eigenvalue weighted by atomic mass is 35.5. The van der Waals surface area contributed by atoms with E-state index in [9.17, 15) is 0 Å². The van der Waals surface area contributed by atoms with Gasteiger partial charge < -0.3 is 15.4 Å². The lowest BCUT2D eigenvalue weighted by molar-refractivity contribution is 0.154. The second-order valence-corrected chi connectivity index (χ2v) is 4.98. The number of rotatable bonds is 7. The average molecular weight is 271 g/mol. The molecule has 1 atom stereocenters. The third-order valence-corrected chi connectivity index (χ3v) is 3.15. The third kappa shape index (κ3) is 4.84. The van der Waals surface area contributed by atoms with Crippen molar-refractivity contribution in [3.63, 3.8) is 0 Å². The zero-order valence-corrected chi connectivity index (χ0v) is 12.2. The fourth-order valence-corrected chi connectivity index (χ4v) is 2.01. The largest absolute Gasteiger partial charge is 0.380 e. The van der Waals surface area contributed by atoms with Gasteiger partial charge in [-0.25, -0.2) is 0 Å². The summed E-state index contributed by atoms with van der Waals surface area (Å²) in [6.45, 7) is 6.32. The van der Waals surface area contributed by atoms with Crippen LogP contribution in [-0.4, -0.2) is 32.8 Å². The van der Waals surface area contributed by atoms with Gasteiger partial charge >= 0.3 is 0 Å². The number of ether oxygens (including phenoxy) is 1. The Morgan fingerprint density at radius 3 is 2.72 bits per heavy atom. The Bertz CT molecular complexity index is 369. The van der Waals surface area contributed by atoms with Gasteiger partial charge in [0, 0.05) is 37.0 Å². The molecular formula is C14H23ClN2O. The number of likely N-dealkylation sites (N-methyl/N-ethyl adjacent to an activating group) is 1.